The first-order chi connectivity index (χ1) is 13.8. The van der Waals surface area contributed by atoms with E-state index >= 15 is 0 Å². The number of amides is 1. The van der Waals surface area contributed by atoms with Crippen LogP contribution in [0.1, 0.15) is 41.5 Å². The number of alkyl halides is 3. The van der Waals surface area contributed by atoms with Gasteiger partial charge >= 0.3 is 6.18 Å². The molecule has 2 aromatic carbocycles. The number of aromatic nitrogens is 2. The average molecular weight is 401 g/mol. The molecule has 4 rings (SSSR count). The second kappa shape index (κ2) is 7.35. The van der Waals surface area contributed by atoms with Gasteiger partial charge in [0.05, 0.1) is 5.56 Å². The molecule has 0 radical (unpaired) electrons. The number of likely N-dealkylation sites (tertiary alicyclic amines) is 1. The van der Waals surface area contributed by atoms with E-state index < -0.39 is 17.8 Å². The summed E-state index contributed by atoms with van der Waals surface area (Å²) in [5.74, 6) is 0.283. The standard InChI is InChI=1S/C21H18F3N3O2/c1-13-5-7-14(8-6-13)12-27-17(9-10-18(27)28)20-25-19(26-29-20)15-3-2-4-16(11-15)21(22,23)24/h2-8,11,17H,9-10,12H2,1H3. The summed E-state index contributed by atoms with van der Waals surface area (Å²) in [5.41, 5.74) is 1.54. The van der Waals surface area contributed by atoms with Gasteiger partial charge in [0, 0.05) is 18.5 Å². The molecule has 1 fully saturated rings. The summed E-state index contributed by atoms with van der Waals surface area (Å²) in [6, 6.07) is 12.2. The molecule has 1 atom stereocenters. The minimum absolute atomic E-state index is 0.0191. The number of aryl methyl sites for hydroxylation is 1. The minimum Gasteiger partial charge on any atom is -0.337 e. The lowest BCUT2D eigenvalue weighted by Gasteiger charge is -2.22. The Morgan fingerprint density at radius 3 is 2.66 bits per heavy atom. The largest absolute Gasteiger partial charge is 0.416 e. The van der Waals surface area contributed by atoms with Crippen LogP contribution in [-0.4, -0.2) is 20.9 Å². The summed E-state index contributed by atoms with van der Waals surface area (Å²) in [5, 5.41) is 3.84. The van der Waals surface area contributed by atoms with Gasteiger partial charge in [0.25, 0.3) is 0 Å². The van der Waals surface area contributed by atoms with Crippen molar-refractivity contribution in [3.63, 3.8) is 0 Å². The molecule has 0 aliphatic carbocycles. The van der Waals surface area contributed by atoms with E-state index in [0.717, 1.165) is 23.3 Å². The molecule has 0 N–H and O–H groups in total. The Kier molecular flexibility index (Phi) is 4.86. The van der Waals surface area contributed by atoms with Crippen molar-refractivity contribution in [1.29, 1.82) is 0 Å². The molecule has 1 aliphatic rings. The van der Waals surface area contributed by atoms with Crippen molar-refractivity contribution in [3.8, 4) is 11.4 Å². The molecular formula is C21H18F3N3O2. The van der Waals surface area contributed by atoms with Crippen LogP contribution in [0.3, 0.4) is 0 Å². The fourth-order valence-corrected chi connectivity index (χ4v) is 3.40. The zero-order valence-corrected chi connectivity index (χ0v) is 15.6. The molecule has 0 bridgehead atoms. The van der Waals surface area contributed by atoms with Gasteiger partial charge < -0.3 is 9.42 Å². The SMILES string of the molecule is Cc1ccc(CN2C(=O)CCC2c2nc(-c3cccc(C(F)(F)F)c3)no2)cc1. The number of rotatable bonds is 4. The minimum atomic E-state index is -4.45. The molecule has 150 valence electrons. The van der Waals surface area contributed by atoms with Gasteiger partial charge in [-0.25, -0.2) is 0 Å². The summed E-state index contributed by atoms with van der Waals surface area (Å²) in [6.07, 6.45) is -3.57. The fourth-order valence-electron chi connectivity index (χ4n) is 3.40. The van der Waals surface area contributed by atoms with Gasteiger partial charge in [0.1, 0.15) is 6.04 Å². The Bertz CT molecular complexity index is 1030. The van der Waals surface area contributed by atoms with E-state index in [1.54, 1.807) is 4.90 Å². The molecule has 0 saturated carbocycles. The lowest BCUT2D eigenvalue weighted by molar-refractivity contribution is -0.137. The molecule has 29 heavy (non-hydrogen) atoms. The second-order valence-corrected chi connectivity index (χ2v) is 7.10. The lowest BCUT2D eigenvalue weighted by atomic mass is 10.1. The quantitative estimate of drug-likeness (QED) is 0.622. The van der Waals surface area contributed by atoms with Crippen molar-refractivity contribution in [2.75, 3.05) is 0 Å². The number of carbonyl (C=O) groups excluding carboxylic acids is 1. The first-order valence-electron chi connectivity index (χ1n) is 9.17. The molecule has 0 spiro atoms. The Hall–Kier alpha value is -3.16. The lowest BCUT2D eigenvalue weighted by Crippen LogP contribution is -2.27. The zero-order chi connectivity index (χ0) is 20.6. The van der Waals surface area contributed by atoms with Crippen molar-refractivity contribution in [2.24, 2.45) is 0 Å². The summed E-state index contributed by atoms with van der Waals surface area (Å²) in [7, 11) is 0. The van der Waals surface area contributed by atoms with Crippen LogP contribution in [0.5, 0.6) is 0 Å². The van der Waals surface area contributed by atoms with E-state index in [4.69, 9.17) is 4.52 Å². The topological polar surface area (TPSA) is 59.2 Å². The molecule has 8 heteroatoms. The predicted octanol–water partition coefficient (Wildman–Crippen LogP) is 4.93. The molecule has 2 heterocycles. The van der Waals surface area contributed by atoms with Crippen molar-refractivity contribution < 1.29 is 22.5 Å². The average Bonchev–Trinajstić information content (AvgIpc) is 3.31. The Morgan fingerprint density at radius 2 is 1.93 bits per heavy atom. The van der Waals surface area contributed by atoms with Gasteiger partial charge in [-0.15, -0.1) is 0 Å². The van der Waals surface area contributed by atoms with Crippen molar-refractivity contribution in [1.82, 2.24) is 15.0 Å². The summed E-state index contributed by atoms with van der Waals surface area (Å²) >= 11 is 0. The zero-order valence-electron chi connectivity index (χ0n) is 15.6. The number of hydrogen-bond acceptors (Lipinski definition) is 4. The number of hydrogen-bond donors (Lipinski definition) is 0. The number of benzene rings is 2. The monoisotopic (exact) mass is 401 g/mol. The smallest absolute Gasteiger partial charge is 0.337 e. The van der Waals surface area contributed by atoms with Crippen molar-refractivity contribution >= 4 is 5.91 Å². The molecule has 1 unspecified atom stereocenters. The molecule has 1 aliphatic heterocycles. The van der Waals surface area contributed by atoms with E-state index in [9.17, 15) is 18.0 Å². The summed E-state index contributed by atoms with van der Waals surface area (Å²) < 4.78 is 44.2. The third kappa shape index (κ3) is 4.01. The normalized spacial score (nSPS) is 17.2. The van der Waals surface area contributed by atoms with Crippen LogP contribution in [0, 0.1) is 6.92 Å². The highest BCUT2D eigenvalue weighted by Gasteiger charge is 2.36. The van der Waals surface area contributed by atoms with Crippen LogP contribution in [0.2, 0.25) is 0 Å². The van der Waals surface area contributed by atoms with Gasteiger partial charge in [0.15, 0.2) is 0 Å². The van der Waals surface area contributed by atoms with Gasteiger partial charge in [-0.1, -0.05) is 47.1 Å². The van der Waals surface area contributed by atoms with Crippen LogP contribution in [-0.2, 0) is 17.5 Å². The third-order valence-electron chi connectivity index (χ3n) is 4.98. The Labute approximate surface area is 165 Å². The maximum Gasteiger partial charge on any atom is 0.416 e. The maximum atomic E-state index is 13.0. The molecule has 1 aromatic heterocycles. The predicted molar refractivity (Wildman–Crippen MR) is 98.4 cm³/mol. The van der Waals surface area contributed by atoms with Gasteiger partial charge in [0.2, 0.25) is 17.6 Å². The van der Waals surface area contributed by atoms with E-state index in [0.29, 0.717) is 19.4 Å². The molecule has 1 saturated heterocycles. The van der Waals surface area contributed by atoms with Gasteiger partial charge in [-0.2, -0.15) is 18.2 Å². The van der Waals surface area contributed by atoms with Gasteiger partial charge in [-0.05, 0) is 31.0 Å². The molecule has 3 aromatic rings. The summed E-state index contributed by atoms with van der Waals surface area (Å²) in [6.45, 7) is 2.40. The summed E-state index contributed by atoms with van der Waals surface area (Å²) in [4.78, 5) is 18.3. The van der Waals surface area contributed by atoms with Crippen molar-refractivity contribution in [3.05, 3.63) is 71.1 Å². The van der Waals surface area contributed by atoms with E-state index in [-0.39, 0.29) is 23.2 Å². The highest BCUT2D eigenvalue weighted by Crippen LogP contribution is 2.35. The van der Waals surface area contributed by atoms with E-state index in [1.165, 1.54) is 12.1 Å². The molecule has 1 amide bonds. The second-order valence-electron chi connectivity index (χ2n) is 7.10. The maximum absolute atomic E-state index is 13.0. The highest BCUT2D eigenvalue weighted by molar-refractivity contribution is 5.78. The van der Waals surface area contributed by atoms with Crippen molar-refractivity contribution in [2.45, 2.75) is 38.5 Å². The Morgan fingerprint density at radius 1 is 1.17 bits per heavy atom. The molecule has 5 nitrogen and oxygen atoms in total. The van der Waals surface area contributed by atoms with Gasteiger partial charge in [-0.3, -0.25) is 4.79 Å². The highest BCUT2D eigenvalue weighted by atomic mass is 19.4. The van der Waals surface area contributed by atoms with Crippen LogP contribution >= 0.6 is 0 Å². The number of halogens is 3. The number of carbonyl (C=O) groups is 1. The first-order valence-corrected chi connectivity index (χ1v) is 9.17. The molecular weight excluding hydrogens is 383 g/mol. The Balaban J connectivity index is 1.58. The van der Waals surface area contributed by atoms with Crippen LogP contribution in [0.15, 0.2) is 53.1 Å². The number of nitrogens with zero attached hydrogens (tertiary/aromatic N) is 3. The van der Waals surface area contributed by atoms with E-state index in [2.05, 4.69) is 10.1 Å². The fraction of sp³-hybridized carbons (Fsp3) is 0.286. The van der Waals surface area contributed by atoms with Crippen LogP contribution < -0.4 is 0 Å². The third-order valence-corrected chi connectivity index (χ3v) is 4.98. The van der Waals surface area contributed by atoms with E-state index in [1.807, 2.05) is 31.2 Å². The van der Waals surface area contributed by atoms with Crippen LogP contribution in [0.25, 0.3) is 11.4 Å². The first kappa shape index (κ1) is 19.2. The van der Waals surface area contributed by atoms with Crippen LogP contribution in [0.4, 0.5) is 13.2 Å².